The maximum Gasteiger partial charge on any atom is 0.410 e. The number of hydrogen-bond donors (Lipinski definition) is 3. The molecule has 1 unspecified atom stereocenters. The van der Waals surface area contributed by atoms with Crippen LogP contribution in [0.3, 0.4) is 0 Å². The van der Waals surface area contributed by atoms with Crippen molar-refractivity contribution in [2.75, 3.05) is 30.4 Å². The molecule has 1 atom stereocenters. The molecule has 1 aliphatic heterocycles. The summed E-state index contributed by atoms with van der Waals surface area (Å²) in [6.07, 6.45) is 2.21. The number of carbonyl (C=O) groups excluding carboxylic acids is 2. The van der Waals surface area contributed by atoms with Crippen molar-refractivity contribution in [2.24, 2.45) is 5.73 Å². The summed E-state index contributed by atoms with van der Waals surface area (Å²) < 4.78 is 5.48. The van der Waals surface area contributed by atoms with Gasteiger partial charge in [-0.2, -0.15) is 0 Å². The van der Waals surface area contributed by atoms with E-state index in [1.54, 1.807) is 18.1 Å². The third-order valence-electron chi connectivity index (χ3n) is 5.64. The molecule has 2 amide bonds. The zero-order chi connectivity index (χ0) is 24.7. The minimum absolute atomic E-state index is 0.0892. The van der Waals surface area contributed by atoms with Gasteiger partial charge in [0.25, 0.3) is 5.91 Å². The molecule has 2 aromatic carbocycles. The molecule has 1 saturated heterocycles. The van der Waals surface area contributed by atoms with Crippen molar-refractivity contribution in [1.29, 1.82) is 0 Å². The van der Waals surface area contributed by atoms with E-state index in [0.29, 0.717) is 12.2 Å². The van der Waals surface area contributed by atoms with Gasteiger partial charge in [0.2, 0.25) is 0 Å². The molecule has 0 radical (unpaired) electrons. The van der Waals surface area contributed by atoms with Crippen molar-refractivity contribution in [3.05, 3.63) is 72.1 Å². The molecule has 182 valence electrons. The summed E-state index contributed by atoms with van der Waals surface area (Å²) in [4.78, 5) is 28.7. The SMILES string of the molecule is CN(C(=O)OC(C)(C)C)C1CCN(c2ccc(NC(=O)/C(N)=C/[NH2+]Cc3ccccc3)cc2)C1. The van der Waals surface area contributed by atoms with E-state index < -0.39 is 5.60 Å². The second kappa shape index (κ2) is 11.1. The number of benzene rings is 2. The molecule has 0 saturated carbocycles. The summed E-state index contributed by atoms with van der Waals surface area (Å²) in [6, 6.07) is 17.7. The number of rotatable bonds is 7. The maximum absolute atomic E-state index is 12.4. The fraction of sp³-hybridized carbons (Fsp3) is 0.385. The van der Waals surface area contributed by atoms with Crippen LogP contribution in [0, 0.1) is 0 Å². The molecule has 1 aliphatic rings. The van der Waals surface area contributed by atoms with Crippen LogP contribution >= 0.6 is 0 Å². The van der Waals surface area contributed by atoms with E-state index in [4.69, 9.17) is 10.5 Å². The summed E-state index contributed by atoms with van der Waals surface area (Å²) in [7, 11) is 1.79. The van der Waals surface area contributed by atoms with Gasteiger partial charge in [0, 0.05) is 37.1 Å². The second-order valence-electron chi connectivity index (χ2n) is 9.53. The van der Waals surface area contributed by atoms with Crippen molar-refractivity contribution in [3.8, 4) is 0 Å². The van der Waals surface area contributed by atoms with Gasteiger partial charge in [-0.25, -0.2) is 4.79 Å². The summed E-state index contributed by atoms with van der Waals surface area (Å²) in [5.41, 5.74) is 8.45. The number of nitrogens with zero attached hydrogens (tertiary/aromatic N) is 2. The standard InChI is InChI=1S/C26H35N5O3/c1-26(2,3)34-25(33)30(4)22-14-15-31(18-22)21-12-10-20(11-13-21)29-24(32)23(27)17-28-16-19-8-6-5-7-9-19/h5-13,17,22,28H,14-16,18,27H2,1-4H3,(H,29,32)/p+1/b23-17-. The molecular formula is C26H36N5O3+. The Kier molecular flexibility index (Phi) is 8.17. The number of hydrogen-bond acceptors (Lipinski definition) is 5. The Morgan fingerprint density at radius 1 is 1.18 bits per heavy atom. The lowest BCUT2D eigenvalue weighted by atomic mass is 10.2. The van der Waals surface area contributed by atoms with Crippen molar-refractivity contribution in [1.82, 2.24) is 4.90 Å². The predicted octanol–water partition coefficient (Wildman–Crippen LogP) is 2.63. The monoisotopic (exact) mass is 466 g/mol. The molecule has 1 heterocycles. The van der Waals surface area contributed by atoms with Crippen LogP contribution in [0.2, 0.25) is 0 Å². The third-order valence-corrected chi connectivity index (χ3v) is 5.64. The van der Waals surface area contributed by atoms with Gasteiger partial charge in [-0.15, -0.1) is 0 Å². The second-order valence-corrected chi connectivity index (χ2v) is 9.53. The Hall–Kier alpha value is -3.52. The maximum atomic E-state index is 12.4. The molecular weight excluding hydrogens is 430 g/mol. The lowest BCUT2D eigenvalue weighted by Gasteiger charge is -2.28. The van der Waals surface area contributed by atoms with Gasteiger partial charge in [0.1, 0.15) is 18.3 Å². The van der Waals surface area contributed by atoms with E-state index >= 15 is 0 Å². The highest BCUT2D eigenvalue weighted by atomic mass is 16.6. The van der Waals surface area contributed by atoms with E-state index in [9.17, 15) is 9.59 Å². The number of likely N-dealkylation sites (N-methyl/N-ethyl adjacent to an activating group) is 1. The first-order valence-electron chi connectivity index (χ1n) is 11.6. The molecule has 8 heteroatoms. The molecule has 1 fully saturated rings. The molecule has 5 N–H and O–H groups in total. The van der Waals surface area contributed by atoms with Crippen LogP contribution in [0.5, 0.6) is 0 Å². The van der Waals surface area contributed by atoms with Crippen LogP contribution < -0.4 is 21.3 Å². The Balaban J connectivity index is 1.49. The Bertz CT molecular complexity index is 999. The van der Waals surface area contributed by atoms with Gasteiger partial charge in [-0.1, -0.05) is 30.3 Å². The number of amides is 2. The van der Waals surface area contributed by atoms with Gasteiger partial charge in [0.15, 0.2) is 5.70 Å². The predicted molar refractivity (Wildman–Crippen MR) is 134 cm³/mol. The quantitative estimate of drug-likeness (QED) is 0.544. The summed E-state index contributed by atoms with van der Waals surface area (Å²) >= 11 is 0. The Morgan fingerprint density at radius 3 is 2.50 bits per heavy atom. The number of anilines is 2. The van der Waals surface area contributed by atoms with Gasteiger partial charge in [-0.05, 0) is 51.5 Å². The molecule has 8 nitrogen and oxygen atoms in total. The van der Waals surface area contributed by atoms with Crippen LogP contribution in [0.25, 0.3) is 0 Å². The highest BCUT2D eigenvalue weighted by molar-refractivity contribution is 6.02. The van der Waals surface area contributed by atoms with Gasteiger partial charge in [0.05, 0.1) is 6.04 Å². The molecule has 34 heavy (non-hydrogen) atoms. The molecule has 0 aliphatic carbocycles. The number of nitrogens with one attached hydrogen (secondary N) is 1. The first-order valence-corrected chi connectivity index (χ1v) is 11.6. The van der Waals surface area contributed by atoms with Crippen molar-refractivity contribution in [2.45, 2.75) is 45.4 Å². The topological polar surface area (TPSA) is 105 Å². The minimum Gasteiger partial charge on any atom is -0.444 e. The smallest absolute Gasteiger partial charge is 0.410 e. The van der Waals surface area contributed by atoms with Gasteiger partial charge in [-0.3, -0.25) is 4.79 Å². The van der Waals surface area contributed by atoms with E-state index in [0.717, 1.165) is 30.8 Å². The number of nitrogens with two attached hydrogens (primary N) is 2. The average Bonchev–Trinajstić information content (AvgIpc) is 3.28. The van der Waals surface area contributed by atoms with Gasteiger partial charge < -0.3 is 30.9 Å². The summed E-state index contributed by atoms with van der Waals surface area (Å²) in [5.74, 6) is -0.336. The lowest BCUT2D eigenvalue weighted by molar-refractivity contribution is -0.605. The van der Waals surface area contributed by atoms with Crippen molar-refractivity contribution >= 4 is 23.4 Å². The minimum atomic E-state index is -0.511. The van der Waals surface area contributed by atoms with Crippen LogP contribution in [0.1, 0.15) is 32.8 Å². The first-order chi connectivity index (χ1) is 16.1. The largest absolute Gasteiger partial charge is 0.444 e. The zero-order valence-electron chi connectivity index (χ0n) is 20.5. The van der Waals surface area contributed by atoms with Crippen molar-refractivity contribution < 1.29 is 19.6 Å². The van der Waals surface area contributed by atoms with Crippen LogP contribution in [-0.4, -0.2) is 48.7 Å². The molecule has 0 bridgehead atoms. The zero-order valence-corrected chi connectivity index (χ0v) is 20.5. The number of carbonyl (C=O) groups is 2. The van der Waals surface area contributed by atoms with Gasteiger partial charge >= 0.3 is 6.09 Å². The van der Waals surface area contributed by atoms with Crippen LogP contribution in [0.15, 0.2) is 66.5 Å². The fourth-order valence-electron chi connectivity index (χ4n) is 3.75. The highest BCUT2D eigenvalue weighted by Gasteiger charge is 2.31. The normalized spacial score (nSPS) is 16.3. The highest BCUT2D eigenvalue weighted by Crippen LogP contribution is 2.25. The lowest BCUT2D eigenvalue weighted by Crippen LogP contribution is -2.76. The molecule has 2 aromatic rings. The van der Waals surface area contributed by atoms with E-state index in [2.05, 4.69) is 10.2 Å². The van der Waals surface area contributed by atoms with Crippen LogP contribution in [-0.2, 0) is 16.1 Å². The van der Waals surface area contributed by atoms with E-state index in [-0.39, 0.29) is 23.7 Å². The van der Waals surface area contributed by atoms with E-state index in [1.807, 2.05) is 80.7 Å². The van der Waals surface area contributed by atoms with Crippen LogP contribution in [0.4, 0.5) is 16.2 Å². The van der Waals surface area contributed by atoms with Crippen molar-refractivity contribution in [3.63, 3.8) is 0 Å². The Morgan fingerprint density at radius 2 is 1.85 bits per heavy atom. The average molecular weight is 467 g/mol. The first kappa shape index (κ1) is 25.1. The number of quaternary nitrogens is 1. The van der Waals surface area contributed by atoms with E-state index in [1.165, 1.54) is 0 Å². The third kappa shape index (κ3) is 7.25. The number of ether oxygens (including phenoxy) is 1. The molecule has 0 spiro atoms. The Labute approximate surface area is 201 Å². The summed E-state index contributed by atoms with van der Waals surface area (Å²) in [5, 5.41) is 4.71. The fourth-order valence-corrected chi connectivity index (χ4v) is 3.75. The molecule has 0 aromatic heterocycles. The molecule has 3 rings (SSSR count). The summed E-state index contributed by atoms with van der Waals surface area (Å²) in [6.45, 7) is 7.89.